The number of amides is 1. The van der Waals surface area contributed by atoms with Crippen molar-refractivity contribution >= 4 is 11.7 Å². The van der Waals surface area contributed by atoms with Crippen LogP contribution in [-0.2, 0) is 4.79 Å². The first-order valence-corrected chi connectivity index (χ1v) is 7.25. The van der Waals surface area contributed by atoms with Gasteiger partial charge in [-0.25, -0.2) is 13.2 Å². The Bertz CT molecular complexity index is 725. The van der Waals surface area contributed by atoms with Crippen molar-refractivity contribution < 1.29 is 31.1 Å². The molecule has 2 aliphatic rings. The number of nitrogens with one attached hydrogen (secondary N) is 1. The lowest BCUT2D eigenvalue weighted by molar-refractivity contribution is -0.160. The van der Waals surface area contributed by atoms with Crippen molar-refractivity contribution in [2.75, 3.05) is 13.1 Å². The Kier molecular flexibility index (Phi) is 5.47. The van der Waals surface area contributed by atoms with E-state index in [-0.39, 0.29) is 17.8 Å². The van der Waals surface area contributed by atoms with E-state index < -0.39 is 42.5 Å². The van der Waals surface area contributed by atoms with Crippen molar-refractivity contribution in [3.05, 3.63) is 47.5 Å². The Hall–Kier alpha value is -2.72. The molecular formula is C15H14F6N4O. The highest BCUT2D eigenvalue weighted by Crippen LogP contribution is 2.31. The minimum Gasteiger partial charge on any atom is -0.382 e. The van der Waals surface area contributed by atoms with E-state index in [1.165, 1.54) is 0 Å². The van der Waals surface area contributed by atoms with Crippen LogP contribution in [0.4, 0.5) is 26.3 Å². The minimum atomic E-state index is -4.76. The largest absolute Gasteiger partial charge is 0.416 e. The number of hydrogen-bond donors (Lipinski definition) is 2. The fourth-order valence-electron chi connectivity index (χ4n) is 2.11. The zero-order valence-corrected chi connectivity index (χ0v) is 13.2. The molecule has 1 aliphatic carbocycles. The van der Waals surface area contributed by atoms with E-state index in [0.29, 0.717) is 12.2 Å². The Morgan fingerprint density at radius 3 is 2.54 bits per heavy atom. The lowest BCUT2D eigenvalue weighted by Gasteiger charge is -2.37. The summed E-state index contributed by atoms with van der Waals surface area (Å²) >= 11 is 0. The van der Waals surface area contributed by atoms with Gasteiger partial charge in [-0.3, -0.25) is 10.2 Å². The molecule has 3 N–H and O–H groups in total. The van der Waals surface area contributed by atoms with Crippen LogP contribution in [0.3, 0.4) is 0 Å². The molecule has 0 bridgehead atoms. The molecule has 1 heterocycles. The summed E-state index contributed by atoms with van der Waals surface area (Å²) in [6.07, 6.45) is -1.13. The van der Waals surface area contributed by atoms with Crippen LogP contribution in [0.5, 0.6) is 0 Å². The number of hydrogen-bond acceptors (Lipinski definition) is 3. The number of alkyl halides is 5. The third-order valence-electron chi connectivity index (χ3n) is 3.44. The van der Waals surface area contributed by atoms with Crippen LogP contribution < -0.4 is 11.2 Å². The lowest BCUT2D eigenvalue weighted by Crippen LogP contribution is -2.58. The molecule has 0 spiro atoms. The van der Waals surface area contributed by atoms with E-state index in [1.807, 2.05) is 0 Å². The summed E-state index contributed by atoms with van der Waals surface area (Å²) in [4.78, 5) is 12.4. The van der Waals surface area contributed by atoms with Crippen molar-refractivity contribution in [2.24, 2.45) is 10.8 Å². The first-order chi connectivity index (χ1) is 12.0. The Balaban J connectivity index is 1.98. The molecule has 11 heteroatoms. The van der Waals surface area contributed by atoms with Crippen LogP contribution in [0.15, 0.2) is 52.6 Å². The number of nitrogens with two attached hydrogens (primary N) is 1. The molecule has 26 heavy (non-hydrogen) atoms. The summed E-state index contributed by atoms with van der Waals surface area (Å²) in [5.41, 5.74) is 6.47. The number of amidine groups is 1. The molecule has 0 aromatic carbocycles. The SMILES string of the molecule is N/C(=N\N/C=C\C(=O)N1CC(F)(F)C1)C1=CC(C(F)(F)F)=CC(F)=CC1. The van der Waals surface area contributed by atoms with E-state index in [2.05, 4.69) is 10.5 Å². The standard InChI is InChI=1S/C15H14F6N4O/c16-11-2-1-9(5-10(6-11)15(19,20)21)13(22)24-23-4-3-12(26)25-7-14(17,18)8-25/h2-6,23H,1,7-8H2,(H2,22,24)/b4-3-. The maximum Gasteiger partial charge on any atom is 0.416 e. The number of carbonyl (C=O) groups is 1. The van der Waals surface area contributed by atoms with Gasteiger partial charge >= 0.3 is 6.18 Å². The second kappa shape index (κ2) is 7.26. The fourth-order valence-corrected chi connectivity index (χ4v) is 2.11. The van der Waals surface area contributed by atoms with E-state index in [1.54, 1.807) is 0 Å². The van der Waals surface area contributed by atoms with Crippen LogP contribution in [0, 0.1) is 0 Å². The van der Waals surface area contributed by atoms with Gasteiger partial charge in [-0.1, -0.05) is 0 Å². The van der Waals surface area contributed by atoms with Gasteiger partial charge in [0.25, 0.3) is 5.92 Å². The van der Waals surface area contributed by atoms with Crippen LogP contribution in [0.1, 0.15) is 6.42 Å². The van der Waals surface area contributed by atoms with Gasteiger partial charge in [-0.05, 0) is 24.6 Å². The van der Waals surface area contributed by atoms with Crippen molar-refractivity contribution in [2.45, 2.75) is 18.5 Å². The van der Waals surface area contributed by atoms with Gasteiger partial charge in [0.05, 0.1) is 18.7 Å². The van der Waals surface area contributed by atoms with Gasteiger partial charge in [-0.15, -0.1) is 0 Å². The van der Waals surface area contributed by atoms with Crippen LogP contribution in [-0.4, -0.2) is 41.8 Å². The quantitative estimate of drug-likeness (QED) is 0.259. The van der Waals surface area contributed by atoms with Crippen molar-refractivity contribution in [1.29, 1.82) is 0 Å². The molecule has 2 rings (SSSR count). The molecule has 0 aromatic rings. The van der Waals surface area contributed by atoms with E-state index >= 15 is 0 Å². The van der Waals surface area contributed by atoms with E-state index in [9.17, 15) is 31.1 Å². The second-order valence-electron chi connectivity index (χ2n) is 5.57. The predicted molar refractivity (Wildman–Crippen MR) is 81.5 cm³/mol. The average molecular weight is 380 g/mol. The summed E-state index contributed by atoms with van der Waals surface area (Å²) in [6, 6.07) is 0. The number of carbonyl (C=O) groups excluding carboxylic acids is 1. The molecular weight excluding hydrogens is 366 g/mol. The topological polar surface area (TPSA) is 70.7 Å². The monoisotopic (exact) mass is 380 g/mol. The molecule has 0 radical (unpaired) electrons. The summed E-state index contributed by atoms with van der Waals surface area (Å²) < 4.78 is 76.9. The molecule has 5 nitrogen and oxygen atoms in total. The van der Waals surface area contributed by atoms with Gasteiger partial charge in [0.2, 0.25) is 5.91 Å². The molecule has 1 saturated heterocycles. The number of hydrazone groups is 1. The molecule has 0 saturated carbocycles. The maximum absolute atomic E-state index is 13.3. The number of likely N-dealkylation sites (tertiary alicyclic amines) is 1. The second-order valence-corrected chi connectivity index (χ2v) is 5.57. The van der Waals surface area contributed by atoms with Gasteiger partial charge in [0.15, 0.2) is 0 Å². The third-order valence-corrected chi connectivity index (χ3v) is 3.44. The lowest BCUT2D eigenvalue weighted by atomic mass is 10.1. The van der Waals surface area contributed by atoms with Gasteiger partial charge in [-0.2, -0.15) is 18.3 Å². The minimum absolute atomic E-state index is 0.0872. The zero-order chi connectivity index (χ0) is 19.5. The Labute approximate surface area is 144 Å². The van der Waals surface area contributed by atoms with Crippen LogP contribution in [0.2, 0.25) is 0 Å². The normalized spacial score (nSPS) is 20.8. The highest BCUT2D eigenvalue weighted by atomic mass is 19.4. The summed E-state index contributed by atoms with van der Waals surface area (Å²) in [6.45, 7) is -1.36. The van der Waals surface area contributed by atoms with Crippen LogP contribution >= 0.6 is 0 Å². The fraction of sp³-hybridized carbons (Fsp3) is 0.333. The zero-order valence-electron chi connectivity index (χ0n) is 13.2. The first-order valence-electron chi connectivity index (χ1n) is 7.25. The molecule has 1 amide bonds. The van der Waals surface area contributed by atoms with Gasteiger partial charge in [0.1, 0.15) is 11.7 Å². The molecule has 0 unspecified atom stereocenters. The summed E-state index contributed by atoms with van der Waals surface area (Å²) in [5, 5.41) is 3.56. The molecule has 0 aromatic heterocycles. The number of rotatable bonds is 4. The number of halogens is 6. The van der Waals surface area contributed by atoms with Crippen LogP contribution in [0.25, 0.3) is 0 Å². The van der Waals surface area contributed by atoms with E-state index in [0.717, 1.165) is 23.3 Å². The molecule has 1 aliphatic heterocycles. The number of nitrogens with zero attached hydrogens (tertiary/aromatic N) is 2. The van der Waals surface area contributed by atoms with Crippen molar-refractivity contribution in [3.8, 4) is 0 Å². The third kappa shape index (κ3) is 5.14. The summed E-state index contributed by atoms with van der Waals surface area (Å²) in [5.74, 6) is -4.98. The Morgan fingerprint density at radius 2 is 1.96 bits per heavy atom. The smallest absolute Gasteiger partial charge is 0.382 e. The maximum atomic E-state index is 13.3. The first kappa shape index (κ1) is 19.6. The van der Waals surface area contributed by atoms with Crippen molar-refractivity contribution in [1.82, 2.24) is 10.3 Å². The molecule has 142 valence electrons. The van der Waals surface area contributed by atoms with E-state index in [4.69, 9.17) is 5.73 Å². The van der Waals surface area contributed by atoms with Crippen molar-refractivity contribution in [3.63, 3.8) is 0 Å². The molecule has 0 atom stereocenters. The van der Waals surface area contributed by atoms with Gasteiger partial charge in [0, 0.05) is 17.8 Å². The predicted octanol–water partition coefficient (Wildman–Crippen LogP) is 2.51. The highest BCUT2D eigenvalue weighted by Gasteiger charge is 2.45. The average Bonchev–Trinajstić information content (AvgIpc) is 2.70. The Morgan fingerprint density at radius 1 is 1.31 bits per heavy atom. The highest BCUT2D eigenvalue weighted by molar-refractivity contribution is 5.97. The van der Waals surface area contributed by atoms with Gasteiger partial charge < -0.3 is 10.6 Å². The summed E-state index contributed by atoms with van der Waals surface area (Å²) in [7, 11) is 0. The number of allylic oxidation sites excluding steroid dienone is 5. The molecule has 1 fully saturated rings.